The zero-order chi connectivity index (χ0) is 27.2. The lowest BCUT2D eigenvalue weighted by Gasteiger charge is -2.30. The molecule has 0 spiro atoms. The fourth-order valence-corrected chi connectivity index (χ4v) is 6.88. The summed E-state index contributed by atoms with van der Waals surface area (Å²) in [6, 6.07) is 12.2. The summed E-state index contributed by atoms with van der Waals surface area (Å²) < 4.78 is 0.990. The molecule has 1 N–H and O–H groups in total. The highest BCUT2D eigenvalue weighted by molar-refractivity contribution is 9.10. The van der Waals surface area contributed by atoms with Gasteiger partial charge in [-0.2, -0.15) is 0 Å². The van der Waals surface area contributed by atoms with Crippen LogP contribution in [0.25, 0.3) is 11.1 Å². The van der Waals surface area contributed by atoms with Crippen LogP contribution in [0.5, 0.6) is 0 Å². The monoisotopic (exact) mass is 598 g/mol. The third kappa shape index (κ3) is 5.97. The van der Waals surface area contributed by atoms with Crippen LogP contribution in [0, 0.1) is 11.8 Å². The number of halogens is 1. The van der Waals surface area contributed by atoms with Crippen LogP contribution in [0.2, 0.25) is 0 Å². The van der Waals surface area contributed by atoms with E-state index in [4.69, 9.17) is 0 Å². The van der Waals surface area contributed by atoms with E-state index in [1.165, 1.54) is 12.8 Å². The van der Waals surface area contributed by atoms with E-state index in [0.29, 0.717) is 18.4 Å². The third-order valence-electron chi connectivity index (χ3n) is 8.19. The van der Waals surface area contributed by atoms with E-state index in [0.717, 1.165) is 82.5 Å². The van der Waals surface area contributed by atoms with Crippen molar-refractivity contribution in [1.82, 2.24) is 9.80 Å². The van der Waals surface area contributed by atoms with Crippen molar-refractivity contribution < 1.29 is 9.90 Å². The molecule has 1 amide bonds. The van der Waals surface area contributed by atoms with E-state index in [2.05, 4.69) is 60.0 Å². The number of carbonyl (C=O) groups is 1. The Hall–Kier alpha value is -1.89. The predicted molar refractivity (Wildman–Crippen MR) is 163 cm³/mol. The number of nitrogens with zero attached hydrogens (tertiary/aromatic N) is 2. The molecule has 0 aliphatic carbocycles. The zero-order valence-corrected chi connectivity index (χ0v) is 25.8. The fourth-order valence-electron chi connectivity index (χ4n) is 5.83. The van der Waals surface area contributed by atoms with Crippen LogP contribution in [-0.2, 0) is 4.79 Å². The molecule has 3 atom stereocenters. The molecular weight excluding hydrogens is 556 g/mol. The van der Waals surface area contributed by atoms with Crippen molar-refractivity contribution in [2.45, 2.75) is 85.3 Å². The summed E-state index contributed by atoms with van der Waals surface area (Å²) in [6.45, 7) is 10.4. The van der Waals surface area contributed by atoms with Gasteiger partial charge in [-0.15, -0.1) is 11.3 Å². The van der Waals surface area contributed by atoms with Crippen LogP contribution in [0.3, 0.4) is 0 Å². The van der Waals surface area contributed by atoms with E-state index >= 15 is 0 Å². The maximum Gasteiger partial charge on any atom is 0.261 e. The Labute approximate surface area is 241 Å². The number of fused-ring (bicyclic) bond motifs is 1. The molecule has 1 aromatic carbocycles. The molecule has 0 saturated heterocycles. The summed E-state index contributed by atoms with van der Waals surface area (Å²) in [4.78, 5) is 19.6. The number of amides is 1. The zero-order valence-electron chi connectivity index (χ0n) is 23.4. The molecule has 206 valence electrons. The Balaban J connectivity index is 1.86. The average molecular weight is 600 g/mol. The number of benzene rings is 1. The number of aliphatic hydroxyl groups is 1. The van der Waals surface area contributed by atoms with E-state index in [-0.39, 0.29) is 5.91 Å². The number of hydrogen-bond donors (Lipinski definition) is 1. The summed E-state index contributed by atoms with van der Waals surface area (Å²) in [5, 5.41) is 14.0. The molecule has 3 unspecified atom stereocenters. The van der Waals surface area contributed by atoms with Gasteiger partial charge in [0, 0.05) is 28.0 Å². The highest BCUT2D eigenvalue weighted by Crippen LogP contribution is 2.50. The van der Waals surface area contributed by atoms with Crippen LogP contribution in [0.4, 0.5) is 0 Å². The molecule has 3 heterocycles. The van der Waals surface area contributed by atoms with Gasteiger partial charge in [-0.05, 0) is 53.8 Å². The molecule has 2 aliphatic heterocycles. The molecule has 4 rings (SSSR count). The first kappa shape index (κ1) is 29.1. The van der Waals surface area contributed by atoms with Crippen molar-refractivity contribution in [3.63, 3.8) is 0 Å². The summed E-state index contributed by atoms with van der Waals surface area (Å²) in [5.74, 6) is 0.963. The van der Waals surface area contributed by atoms with Gasteiger partial charge < -0.3 is 14.9 Å². The molecule has 2 aromatic rings. The molecule has 6 heteroatoms. The summed E-state index contributed by atoms with van der Waals surface area (Å²) in [7, 11) is 0. The van der Waals surface area contributed by atoms with E-state index in [1.54, 1.807) is 11.3 Å². The molecule has 38 heavy (non-hydrogen) atoms. The predicted octanol–water partition coefficient (Wildman–Crippen LogP) is 8.54. The topological polar surface area (TPSA) is 43.8 Å². The molecule has 0 radical (unpaired) electrons. The van der Waals surface area contributed by atoms with Crippen molar-refractivity contribution >= 4 is 44.3 Å². The summed E-state index contributed by atoms with van der Waals surface area (Å²) >= 11 is 5.20. The fraction of sp³-hybridized carbons (Fsp3) is 0.531. The SMILES string of the molecule is CCCCC(CC)CN1C(=O)C(c2ccc(Br)cc2)=C2C1=C(c1cccs1)C(O)N2CC(CC)CCCC. The molecule has 2 aliphatic rings. The van der Waals surface area contributed by atoms with Crippen molar-refractivity contribution in [2.24, 2.45) is 11.8 Å². The minimum Gasteiger partial charge on any atom is -0.369 e. The molecule has 1 aromatic heterocycles. The first-order valence-electron chi connectivity index (χ1n) is 14.5. The van der Waals surface area contributed by atoms with E-state index < -0.39 is 6.23 Å². The summed E-state index contributed by atoms with van der Waals surface area (Å²) in [6.07, 6.45) is 8.25. The van der Waals surface area contributed by atoms with Gasteiger partial charge in [0.2, 0.25) is 0 Å². The van der Waals surface area contributed by atoms with Crippen LogP contribution in [0.1, 0.15) is 89.5 Å². The van der Waals surface area contributed by atoms with Gasteiger partial charge >= 0.3 is 0 Å². The maximum absolute atomic E-state index is 14.3. The van der Waals surface area contributed by atoms with Gasteiger partial charge in [0.15, 0.2) is 6.23 Å². The third-order valence-corrected chi connectivity index (χ3v) is 9.62. The van der Waals surface area contributed by atoms with Crippen LogP contribution in [0.15, 0.2) is 57.6 Å². The number of aliphatic hydroxyl groups excluding tert-OH is 1. The van der Waals surface area contributed by atoms with Crippen molar-refractivity contribution in [3.8, 4) is 0 Å². The van der Waals surface area contributed by atoms with E-state index in [9.17, 15) is 9.90 Å². The smallest absolute Gasteiger partial charge is 0.261 e. The highest BCUT2D eigenvalue weighted by atomic mass is 79.9. The second kappa shape index (κ2) is 13.5. The van der Waals surface area contributed by atoms with Crippen molar-refractivity contribution in [2.75, 3.05) is 13.1 Å². The Morgan fingerprint density at radius 2 is 1.55 bits per heavy atom. The number of carbonyl (C=O) groups excluding carboxylic acids is 1. The average Bonchev–Trinajstić information content (AvgIpc) is 3.61. The Bertz CT molecular complexity index is 1140. The van der Waals surface area contributed by atoms with Crippen LogP contribution in [-0.4, -0.2) is 40.1 Å². The van der Waals surface area contributed by atoms with Gasteiger partial charge in [-0.25, -0.2) is 0 Å². The lowest BCUT2D eigenvalue weighted by molar-refractivity contribution is -0.122. The lowest BCUT2D eigenvalue weighted by Crippen LogP contribution is -2.35. The number of unbranched alkanes of at least 4 members (excludes halogenated alkanes) is 2. The van der Waals surface area contributed by atoms with Crippen molar-refractivity contribution in [3.05, 3.63) is 68.1 Å². The number of hydrogen-bond acceptors (Lipinski definition) is 4. The summed E-state index contributed by atoms with van der Waals surface area (Å²) in [5.41, 5.74) is 4.40. The number of rotatable bonds is 14. The van der Waals surface area contributed by atoms with Crippen molar-refractivity contribution in [1.29, 1.82) is 0 Å². The lowest BCUT2D eigenvalue weighted by atomic mass is 9.97. The Morgan fingerprint density at radius 3 is 2.11 bits per heavy atom. The minimum absolute atomic E-state index is 0.0693. The quantitative estimate of drug-likeness (QED) is 0.237. The first-order chi connectivity index (χ1) is 18.4. The van der Waals surface area contributed by atoms with Gasteiger partial charge in [0.1, 0.15) is 0 Å². The van der Waals surface area contributed by atoms with E-state index in [1.807, 2.05) is 35.2 Å². The van der Waals surface area contributed by atoms with Crippen LogP contribution < -0.4 is 0 Å². The standard InChI is InChI=1S/C32H43BrN2O2S/c1-5-9-12-22(7-3)20-34-29-27(24-15-17-25(33)18-16-24)31(36)35(21-23(8-4)13-10-6-2)30(29)28(32(34)37)26-14-11-19-38-26/h11,14-19,22-23,32,37H,5-10,12-13,20-21H2,1-4H3. The molecular formula is C32H43BrN2O2S. The second-order valence-electron chi connectivity index (χ2n) is 10.7. The molecule has 0 bridgehead atoms. The normalized spacial score (nSPS) is 19.1. The van der Waals surface area contributed by atoms with Gasteiger partial charge in [-0.1, -0.05) is 100 Å². The Kier molecular flexibility index (Phi) is 10.3. The highest BCUT2D eigenvalue weighted by Gasteiger charge is 2.49. The van der Waals surface area contributed by atoms with Gasteiger partial charge in [0.05, 0.1) is 17.0 Å². The second-order valence-corrected chi connectivity index (χ2v) is 12.6. The minimum atomic E-state index is -0.758. The van der Waals surface area contributed by atoms with Gasteiger partial charge in [-0.3, -0.25) is 4.79 Å². The molecule has 0 fully saturated rings. The maximum atomic E-state index is 14.3. The number of thiophene rings is 1. The van der Waals surface area contributed by atoms with Crippen LogP contribution >= 0.6 is 27.3 Å². The molecule has 4 nitrogen and oxygen atoms in total. The van der Waals surface area contributed by atoms with Gasteiger partial charge in [0.25, 0.3) is 5.91 Å². The Morgan fingerprint density at radius 1 is 0.921 bits per heavy atom. The first-order valence-corrected chi connectivity index (χ1v) is 16.2. The molecule has 0 saturated carbocycles. The largest absolute Gasteiger partial charge is 0.369 e.